The Labute approximate surface area is 158 Å². The number of nitrogens with zero attached hydrogens (tertiary/aromatic N) is 1. The Balaban J connectivity index is 1.75. The minimum absolute atomic E-state index is 0.110. The van der Waals surface area contributed by atoms with Crippen molar-refractivity contribution >= 4 is 18.0 Å². The molecule has 2 rings (SSSR count). The summed E-state index contributed by atoms with van der Waals surface area (Å²) >= 11 is 0. The summed E-state index contributed by atoms with van der Waals surface area (Å²) in [6.45, 7) is 2.53. The van der Waals surface area contributed by atoms with E-state index in [1.165, 1.54) is 18.3 Å². The minimum atomic E-state index is -0.459. The van der Waals surface area contributed by atoms with Crippen LogP contribution in [0.25, 0.3) is 0 Å². The average Bonchev–Trinajstić information content (AvgIpc) is 2.67. The monoisotopic (exact) mass is 369 g/mol. The molecule has 142 valence electrons. The number of phenolic OH excluding ortho intramolecular Hbond substituents is 1. The lowest BCUT2D eigenvalue weighted by Gasteiger charge is -2.07. The highest BCUT2D eigenvalue weighted by molar-refractivity contribution is 5.96. The maximum atomic E-state index is 12.1. The highest BCUT2D eigenvalue weighted by Gasteiger charge is 2.07. The Kier molecular flexibility index (Phi) is 7.84. The third-order valence-corrected chi connectivity index (χ3v) is 3.57. The van der Waals surface area contributed by atoms with Crippen LogP contribution in [-0.2, 0) is 4.79 Å². The van der Waals surface area contributed by atoms with Crippen LogP contribution in [0.1, 0.15) is 35.7 Å². The zero-order valence-corrected chi connectivity index (χ0v) is 15.1. The van der Waals surface area contributed by atoms with Crippen molar-refractivity contribution in [2.75, 3.05) is 13.2 Å². The number of hydrogen-bond acceptors (Lipinski definition) is 5. The molecule has 0 radical (unpaired) electrons. The molecule has 7 nitrogen and oxygen atoms in total. The zero-order chi connectivity index (χ0) is 19.5. The molecule has 3 N–H and O–H groups in total. The number of ether oxygens (including phenoxy) is 1. The van der Waals surface area contributed by atoms with Gasteiger partial charge in [0.1, 0.15) is 11.5 Å². The molecule has 0 unspecified atom stereocenters. The molecule has 0 aliphatic rings. The number of phenols is 1. The molecular weight excluding hydrogens is 346 g/mol. The second kappa shape index (κ2) is 10.6. The number of nitrogens with one attached hydrogen (secondary N) is 2. The lowest BCUT2D eigenvalue weighted by molar-refractivity contribution is -0.120. The molecule has 0 fully saturated rings. The van der Waals surface area contributed by atoms with Gasteiger partial charge in [-0.1, -0.05) is 25.5 Å². The lowest BCUT2D eigenvalue weighted by atomic mass is 10.2. The third-order valence-electron chi connectivity index (χ3n) is 3.57. The van der Waals surface area contributed by atoms with E-state index in [9.17, 15) is 14.7 Å². The van der Waals surface area contributed by atoms with Crippen LogP contribution in [-0.4, -0.2) is 36.3 Å². The van der Waals surface area contributed by atoms with Gasteiger partial charge in [-0.25, -0.2) is 5.43 Å². The SMILES string of the molecule is CCCCOc1ccc(C(=O)NCC(=O)NN=Cc2cccc(O)c2)cc1. The number of benzene rings is 2. The summed E-state index contributed by atoms with van der Waals surface area (Å²) in [6.07, 6.45) is 3.43. The van der Waals surface area contributed by atoms with Gasteiger partial charge in [-0.15, -0.1) is 0 Å². The predicted molar refractivity (Wildman–Crippen MR) is 103 cm³/mol. The molecule has 0 atom stereocenters. The van der Waals surface area contributed by atoms with Gasteiger partial charge in [-0.3, -0.25) is 9.59 Å². The van der Waals surface area contributed by atoms with Crippen LogP contribution < -0.4 is 15.5 Å². The van der Waals surface area contributed by atoms with Crippen LogP contribution in [0.4, 0.5) is 0 Å². The van der Waals surface area contributed by atoms with Gasteiger partial charge in [0.2, 0.25) is 0 Å². The van der Waals surface area contributed by atoms with Crippen molar-refractivity contribution in [2.24, 2.45) is 5.10 Å². The average molecular weight is 369 g/mol. The molecule has 0 bridgehead atoms. The van der Waals surface area contributed by atoms with Gasteiger partial charge in [0.05, 0.1) is 19.4 Å². The Hall–Kier alpha value is -3.35. The van der Waals surface area contributed by atoms with Crippen LogP contribution >= 0.6 is 0 Å². The summed E-state index contributed by atoms with van der Waals surface area (Å²) in [5.41, 5.74) is 3.39. The predicted octanol–water partition coefficient (Wildman–Crippen LogP) is 2.45. The third kappa shape index (κ3) is 7.19. The lowest BCUT2D eigenvalue weighted by Crippen LogP contribution is -2.34. The number of hydrogen-bond donors (Lipinski definition) is 3. The van der Waals surface area contributed by atoms with Crippen LogP contribution in [0.2, 0.25) is 0 Å². The zero-order valence-electron chi connectivity index (χ0n) is 15.1. The molecule has 0 heterocycles. The van der Waals surface area contributed by atoms with E-state index in [2.05, 4.69) is 22.8 Å². The number of rotatable bonds is 9. The van der Waals surface area contributed by atoms with Gasteiger partial charge in [-0.05, 0) is 48.4 Å². The molecule has 0 aliphatic heterocycles. The summed E-state index contributed by atoms with van der Waals surface area (Å²) in [7, 11) is 0. The van der Waals surface area contributed by atoms with Gasteiger partial charge < -0.3 is 15.2 Å². The van der Waals surface area contributed by atoms with Crippen LogP contribution in [0.3, 0.4) is 0 Å². The standard InChI is InChI=1S/C20H23N3O4/c1-2-3-11-27-18-9-7-16(8-10-18)20(26)21-14-19(25)23-22-13-15-5-4-6-17(24)12-15/h4-10,12-13,24H,2-3,11,14H2,1H3,(H,21,26)(H,23,25). The first kappa shape index (κ1) is 20.0. The number of aromatic hydroxyl groups is 1. The number of unbranched alkanes of at least 4 members (excludes halogenated alkanes) is 1. The molecule has 2 amide bonds. The topological polar surface area (TPSA) is 100 Å². The van der Waals surface area contributed by atoms with Crippen LogP contribution in [0.5, 0.6) is 11.5 Å². The maximum absolute atomic E-state index is 12.1. The summed E-state index contributed by atoms with van der Waals surface area (Å²) < 4.78 is 5.54. The first-order valence-electron chi connectivity index (χ1n) is 8.70. The highest BCUT2D eigenvalue weighted by atomic mass is 16.5. The van der Waals surface area contributed by atoms with E-state index in [0.717, 1.165) is 12.8 Å². The summed E-state index contributed by atoms with van der Waals surface area (Å²) in [5, 5.41) is 15.6. The molecule has 0 aromatic heterocycles. The fourth-order valence-electron chi connectivity index (χ4n) is 2.12. The van der Waals surface area contributed by atoms with E-state index < -0.39 is 5.91 Å². The molecule has 2 aromatic carbocycles. The first-order chi connectivity index (χ1) is 13.1. The number of hydrazone groups is 1. The normalized spacial score (nSPS) is 10.6. The van der Waals surface area contributed by atoms with Crippen molar-refractivity contribution in [3.8, 4) is 11.5 Å². The van der Waals surface area contributed by atoms with Crippen molar-refractivity contribution < 1.29 is 19.4 Å². The largest absolute Gasteiger partial charge is 0.508 e. The second-order valence-corrected chi connectivity index (χ2v) is 5.80. The van der Waals surface area contributed by atoms with E-state index in [-0.39, 0.29) is 18.2 Å². The first-order valence-corrected chi connectivity index (χ1v) is 8.70. The van der Waals surface area contributed by atoms with E-state index in [1.807, 2.05) is 0 Å². The van der Waals surface area contributed by atoms with Crippen molar-refractivity contribution in [2.45, 2.75) is 19.8 Å². The van der Waals surface area contributed by atoms with Gasteiger partial charge in [-0.2, -0.15) is 5.10 Å². The molecule has 0 aliphatic carbocycles. The number of amides is 2. The van der Waals surface area contributed by atoms with Crippen LogP contribution in [0.15, 0.2) is 53.6 Å². The Bertz CT molecular complexity index is 788. The van der Waals surface area contributed by atoms with E-state index >= 15 is 0 Å². The van der Waals surface area contributed by atoms with E-state index in [4.69, 9.17) is 4.74 Å². The van der Waals surface area contributed by atoms with Gasteiger partial charge >= 0.3 is 0 Å². The fourth-order valence-corrected chi connectivity index (χ4v) is 2.12. The fraction of sp³-hybridized carbons (Fsp3) is 0.250. The second-order valence-electron chi connectivity index (χ2n) is 5.80. The van der Waals surface area contributed by atoms with Crippen molar-refractivity contribution in [3.05, 3.63) is 59.7 Å². The molecule has 0 saturated heterocycles. The quantitative estimate of drug-likeness (QED) is 0.359. The highest BCUT2D eigenvalue weighted by Crippen LogP contribution is 2.12. The summed E-state index contributed by atoms with van der Waals surface area (Å²) in [6, 6.07) is 13.2. The molecule has 0 spiro atoms. The van der Waals surface area contributed by atoms with Crippen molar-refractivity contribution in [1.82, 2.24) is 10.7 Å². The van der Waals surface area contributed by atoms with Gasteiger partial charge in [0.25, 0.3) is 11.8 Å². The van der Waals surface area contributed by atoms with Gasteiger partial charge in [0.15, 0.2) is 0 Å². The smallest absolute Gasteiger partial charge is 0.259 e. The van der Waals surface area contributed by atoms with E-state index in [0.29, 0.717) is 23.5 Å². The molecule has 0 saturated carbocycles. The number of carbonyl (C=O) groups is 2. The molecule has 2 aromatic rings. The van der Waals surface area contributed by atoms with Crippen molar-refractivity contribution in [3.63, 3.8) is 0 Å². The van der Waals surface area contributed by atoms with Gasteiger partial charge in [0, 0.05) is 5.56 Å². The number of carbonyl (C=O) groups excluding carboxylic acids is 2. The molecule has 27 heavy (non-hydrogen) atoms. The minimum Gasteiger partial charge on any atom is -0.508 e. The Morgan fingerprint density at radius 1 is 1.19 bits per heavy atom. The molecule has 7 heteroatoms. The van der Waals surface area contributed by atoms with Crippen molar-refractivity contribution in [1.29, 1.82) is 0 Å². The summed E-state index contributed by atoms with van der Waals surface area (Å²) in [5.74, 6) is -0.000146. The van der Waals surface area contributed by atoms with Crippen LogP contribution in [0, 0.1) is 0 Å². The van der Waals surface area contributed by atoms with E-state index in [1.54, 1.807) is 36.4 Å². The maximum Gasteiger partial charge on any atom is 0.259 e. The molecular formula is C20H23N3O4. The Morgan fingerprint density at radius 2 is 1.96 bits per heavy atom. The Morgan fingerprint density at radius 3 is 2.67 bits per heavy atom. The summed E-state index contributed by atoms with van der Waals surface area (Å²) in [4.78, 5) is 23.8.